The van der Waals surface area contributed by atoms with E-state index in [-0.39, 0.29) is 5.41 Å². The molecule has 10 aromatic rings. The van der Waals surface area contributed by atoms with Gasteiger partial charge in [0.05, 0.1) is 5.41 Å². The third kappa shape index (κ3) is 4.59. The van der Waals surface area contributed by atoms with Crippen LogP contribution in [0.2, 0.25) is 0 Å². The zero-order valence-corrected chi connectivity index (χ0v) is 31.1. The molecule has 1 spiro atoms. The van der Waals surface area contributed by atoms with Gasteiger partial charge >= 0.3 is 0 Å². The zero-order valence-electron chi connectivity index (χ0n) is 31.1. The maximum atomic E-state index is 6.39. The van der Waals surface area contributed by atoms with Gasteiger partial charge in [0, 0.05) is 33.4 Å². The Kier molecular flexibility index (Phi) is 6.88. The Morgan fingerprint density at radius 2 is 0.789 bits per heavy atom. The molecule has 0 atom stereocenters. The highest BCUT2D eigenvalue weighted by Crippen LogP contribution is 2.63. The number of furan rings is 1. The minimum Gasteiger partial charge on any atom is -0.455 e. The van der Waals surface area contributed by atoms with E-state index >= 15 is 0 Å². The summed E-state index contributed by atoms with van der Waals surface area (Å²) in [5.74, 6) is 0. The van der Waals surface area contributed by atoms with Crippen LogP contribution in [0.25, 0.3) is 66.4 Å². The van der Waals surface area contributed by atoms with Crippen LogP contribution in [0.15, 0.2) is 217 Å². The molecule has 0 saturated carbocycles. The highest BCUT2D eigenvalue weighted by Gasteiger charge is 2.51. The van der Waals surface area contributed by atoms with Gasteiger partial charge in [-0.15, -0.1) is 0 Å². The Labute approximate surface area is 331 Å². The van der Waals surface area contributed by atoms with Crippen LogP contribution < -0.4 is 4.90 Å². The first-order valence-electron chi connectivity index (χ1n) is 19.7. The first kappa shape index (κ1) is 31.9. The monoisotopic (exact) mass is 725 g/mol. The molecule has 0 aliphatic heterocycles. The number of hydrogen-bond acceptors (Lipinski definition) is 2. The molecule has 2 nitrogen and oxygen atoms in total. The number of anilines is 3. The molecule has 0 amide bonds. The molecule has 0 fully saturated rings. The van der Waals surface area contributed by atoms with Crippen molar-refractivity contribution in [2.75, 3.05) is 4.90 Å². The summed E-state index contributed by atoms with van der Waals surface area (Å²) in [6.45, 7) is 0. The van der Waals surface area contributed by atoms with Gasteiger partial charge in [0.15, 0.2) is 0 Å². The standard InChI is InChI=1S/C55H35NO/c1-2-13-39(14-3-1)56(41-32-27-37(28-33-41)42-19-12-20-48-47-18-7-11-24-53(47)57-54(42)48)40-30-25-36(26-31-40)38-29-34-46-45-17-6-10-23-51(45)55(52(46)35-38)49-21-8-4-15-43(49)44-16-5-9-22-50(44)55/h1-35H. The van der Waals surface area contributed by atoms with Crippen LogP contribution in [0.4, 0.5) is 17.1 Å². The first-order chi connectivity index (χ1) is 28.3. The molecule has 266 valence electrons. The number of nitrogens with zero attached hydrogens (tertiary/aromatic N) is 1. The molecular weight excluding hydrogens is 691 g/mol. The highest BCUT2D eigenvalue weighted by atomic mass is 16.3. The van der Waals surface area contributed by atoms with Gasteiger partial charge in [-0.1, -0.05) is 164 Å². The Balaban J connectivity index is 0.942. The second-order valence-corrected chi connectivity index (χ2v) is 15.2. The number of fused-ring (bicyclic) bond motifs is 13. The van der Waals surface area contributed by atoms with Crippen molar-refractivity contribution in [3.63, 3.8) is 0 Å². The fraction of sp³-hybridized carbons (Fsp3) is 0.0182. The van der Waals surface area contributed by atoms with Crippen molar-refractivity contribution < 1.29 is 4.42 Å². The predicted octanol–water partition coefficient (Wildman–Crippen LogP) is 14.7. The molecule has 2 aliphatic rings. The summed E-state index contributed by atoms with van der Waals surface area (Å²) < 4.78 is 6.39. The number of para-hydroxylation sites is 3. The van der Waals surface area contributed by atoms with Crippen LogP contribution >= 0.6 is 0 Å². The minimum atomic E-state index is -0.360. The fourth-order valence-electron chi connectivity index (χ4n) is 9.87. The van der Waals surface area contributed by atoms with Crippen molar-refractivity contribution in [1.82, 2.24) is 0 Å². The molecule has 0 N–H and O–H groups in total. The van der Waals surface area contributed by atoms with Crippen LogP contribution in [-0.2, 0) is 5.41 Å². The van der Waals surface area contributed by atoms with Crippen LogP contribution in [0.3, 0.4) is 0 Å². The van der Waals surface area contributed by atoms with E-state index < -0.39 is 0 Å². The van der Waals surface area contributed by atoms with E-state index in [1.54, 1.807) is 0 Å². The van der Waals surface area contributed by atoms with E-state index in [0.717, 1.165) is 50.1 Å². The van der Waals surface area contributed by atoms with Gasteiger partial charge in [0.25, 0.3) is 0 Å². The summed E-state index contributed by atoms with van der Waals surface area (Å²) in [7, 11) is 0. The van der Waals surface area contributed by atoms with E-state index in [4.69, 9.17) is 4.42 Å². The van der Waals surface area contributed by atoms with Crippen molar-refractivity contribution in [3.8, 4) is 44.5 Å². The van der Waals surface area contributed by atoms with Gasteiger partial charge in [-0.2, -0.15) is 0 Å². The highest BCUT2D eigenvalue weighted by molar-refractivity contribution is 6.09. The molecule has 1 aromatic heterocycles. The topological polar surface area (TPSA) is 16.4 Å². The Bertz CT molecular complexity index is 3110. The summed E-state index contributed by atoms with van der Waals surface area (Å²) in [5, 5.41) is 2.28. The molecule has 1 heterocycles. The quantitative estimate of drug-likeness (QED) is 0.176. The number of benzene rings is 9. The van der Waals surface area contributed by atoms with Gasteiger partial charge in [0.1, 0.15) is 11.2 Å². The van der Waals surface area contributed by atoms with Crippen LogP contribution in [0.5, 0.6) is 0 Å². The molecule has 9 aromatic carbocycles. The molecule has 0 unspecified atom stereocenters. The molecule has 0 saturated heterocycles. The molecule has 2 heteroatoms. The van der Waals surface area contributed by atoms with Crippen LogP contribution in [0.1, 0.15) is 22.3 Å². The van der Waals surface area contributed by atoms with Crippen molar-refractivity contribution in [1.29, 1.82) is 0 Å². The lowest BCUT2D eigenvalue weighted by Gasteiger charge is -2.30. The van der Waals surface area contributed by atoms with E-state index in [0.29, 0.717) is 0 Å². The summed E-state index contributed by atoms with van der Waals surface area (Å²) in [6, 6.07) is 77.3. The fourth-order valence-corrected chi connectivity index (χ4v) is 9.87. The van der Waals surface area contributed by atoms with E-state index in [1.807, 2.05) is 12.1 Å². The zero-order chi connectivity index (χ0) is 37.5. The first-order valence-corrected chi connectivity index (χ1v) is 19.7. The third-order valence-electron chi connectivity index (χ3n) is 12.3. The summed E-state index contributed by atoms with van der Waals surface area (Å²) in [4.78, 5) is 2.33. The van der Waals surface area contributed by atoms with Crippen molar-refractivity contribution >= 4 is 39.0 Å². The maximum absolute atomic E-state index is 6.39. The second kappa shape index (κ2) is 12.3. The normalized spacial score (nSPS) is 13.1. The SMILES string of the molecule is c1ccc(N(c2ccc(-c3ccc4c(c3)C3(c5ccccc5-c5ccccc53)c3ccccc3-4)cc2)c2ccc(-c3cccc4c3oc3ccccc34)cc2)cc1. The molecule has 12 rings (SSSR count). The number of hydrogen-bond donors (Lipinski definition) is 0. The van der Waals surface area contributed by atoms with Gasteiger partial charge in [0.2, 0.25) is 0 Å². The van der Waals surface area contributed by atoms with Crippen molar-refractivity contribution in [3.05, 3.63) is 235 Å². The average Bonchev–Trinajstić information content (AvgIpc) is 3.92. The van der Waals surface area contributed by atoms with Gasteiger partial charge < -0.3 is 9.32 Å². The minimum absolute atomic E-state index is 0.360. The molecule has 57 heavy (non-hydrogen) atoms. The molecular formula is C55H35NO. The predicted molar refractivity (Wildman–Crippen MR) is 236 cm³/mol. The summed E-state index contributed by atoms with van der Waals surface area (Å²) in [5.41, 5.74) is 20.1. The van der Waals surface area contributed by atoms with Gasteiger partial charge in [-0.3, -0.25) is 0 Å². The van der Waals surface area contributed by atoms with Gasteiger partial charge in [-0.25, -0.2) is 0 Å². The lowest BCUT2D eigenvalue weighted by atomic mass is 9.70. The third-order valence-corrected chi connectivity index (χ3v) is 12.3. The Morgan fingerprint density at radius 1 is 0.316 bits per heavy atom. The Morgan fingerprint density at radius 3 is 1.44 bits per heavy atom. The van der Waals surface area contributed by atoms with Gasteiger partial charge in [-0.05, 0) is 110 Å². The van der Waals surface area contributed by atoms with Crippen LogP contribution in [0, 0.1) is 0 Å². The van der Waals surface area contributed by atoms with Crippen molar-refractivity contribution in [2.24, 2.45) is 0 Å². The average molecular weight is 726 g/mol. The lowest BCUT2D eigenvalue weighted by molar-refractivity contribution is 0.670. The molecule has 0 bridgehead atoms. The number of rotatable bonds is 5. The van der Waals surface area contributed by atoms with E-state index in [1.165, 1.54) is 55.6 Å². The maximum Gasteiger partial charge on any atom is 0.143 e. The molecule has 2 aliphatic carbocycles. The Hall–Kier alpha value is -7.42. The largest absolute Gasteiger partial charge is 0.455 e. The van der Waals surface area contributed by atoms with E-state index in [2.05, 4.69) is 205 Å². The molecule has 0 radical (unpaired) electrons. The second-order valence-electron chi connectivity index (χ2n) is 15.2. The van der Waals surface area contributed by atoms with Crippen LogP contribution in [-0.4, -0.2) is 0 Å². The lowest BCUT2D eigenvalue weighted by Crippen LogP contribution is -2.25. The summed E-state index contributed by atoms with van der Waals surface area (Å²) >= 11 is 0. The summed E-state index contributed by atoms with van der Waals surface area (Å²) in [6.07, 6.45) is 0. The van der Waals surface area contributed by atoms with Crippen molar-refractivity contribution in [2.45, 2.75) is 5.41 Å². The smallest absolute Gasteiger partial charge is 0.143 e. The van der Waals surface area contributed by atoms with E-state index in [9.17, 15) is 0 Å².